The first-order valence-electron chi connectivity index (χ1n) is 3.74. The second-order valence-electron chi connectivity index (χ2n) is 2.43. The van der Waals surface area contributed by atoms with Crippen LogP contribution in [0.1, 0.15) is 10.7 Å². The summed E-state index contributed by atoms with van der Waals surface area (Å²) in [6.07, 6.45) is 0.527. The molecule has 0 radical (unpaired) electrons. The number of hydrogen-bond acceptors (Lipinski definition) is 4. The van der Waals surface area contributed by atoms with Gasteiger partial charge in [0.25, 0.3) is 5.89 Å². The van der Waals surface area contributed by atoms with Crippen molar-refractivity contribution in [1.82, 2.24) is 10.2 Å². The van der Waals surface area contributed by atoms with Crippen molar-refractivity contribution >= 4 is 6.29 Å². The van der Waals surface area contributed by atoms with Crippen LogP contribution in [0.3, 0.4) is 0 Å². The lowest BCUT2D eigenvalue weighted by Gasteiger charge is -1.90. The average Bonchev–Trinajstić information content (AvgIpc) is 2.67. The van der Waals surface area contributed by atoms with Crippen LogP contribution >= 0.6 is 0 Å². The van der Waals surface area contributed by atoms with Crippen molar-refractivity contribution in [1.29, 1.82) is 0 Å². The van der Waals surface area contributed by atoms with Gasteiger partial charge in [-0.05, 0) is 12.1 Å². The van der Waals surface area contributed by atoms with E-state index in [4.69, 9.17) is 4.42 Å². The molecular weight excluding hydrogens is 168 g/mol. The predicted octanol–water partition coefficient (Wildman–Crippen LogP) is 1.55. The van der Waals surface area contributed by atoms with E-state index in [1.54, 1.807) is 0 Å². The lowest BCUT2D eigenvalue weighted by molar-refractivity contribution is 0.109. The Morgan fingerprint density at radius 3 is 2.54 bits per heavy atom. The Kier molecular flexibility index (Phi) is 1.88. The van der Waals surface area contributed by atoms with Gasteiger partial charge in [-0.15, -0.1) is 10.2 Å². The number of hydrogen-bond donors (Lipinski definition) is 0. The largest absolute Gasteiger partial charge is 0.414 e. The molecule has 0 amide bonds. The first kappa shape index (κ1) is 7.67. The first-order valence-corrected chi connectivity index (χ1v) is 3.74. The van der Waals surface area contributed by atoms with E-state index in [2.05, 4.69) is 10.2 Å². The quantitative estimate of drug-likeness (QED) is 0.648. The van der Waals surface area contributed by atoms with Gasteiger partial charge in [-0.25, -0.2) is 0 Å². The molecule has 0 bridgehead atoms. The van der Waals surface area contributed by atoms with E-state index in [1.165, 1.54) is 0 Å². The van der Waals surface area contributed by atoms with Gasteiger partial charge in [0.1, 0.15) is 0 Å². The van der Waals surface area contributed by atoms with Crippen LogP contribution in [-0.2, 0) is 0 Å². The van der Waals surface area contributed by atoms with Crippen LogP contribution in [0.5, 0.6) is 0 Å². The van der Waals surface area contributed by atoms with Crippen LogP contribution in [0.4, 0.5) is 0 Å². The zero-order valence-electron chi connectivity index (χ0n) is 6.68. The number of aromatic nitrogens is 2. The molecular formula is C9H6N2O2. The molecule has 0 saturated carbocycles. The van der Waals surface area contributed by atoms with Gasteiger partial charge in [-0.2, -0.15) is 0 Å². The fourth-order valence-corrected chi connectivity index (χ4v) is 0.980. The van der Waals surface area contributed by atoms with Crippen molar-refractivity contribution in [3.63, 3.8) is 0 Å². The van der Waals surface area contributed by atoms with Gasteiger partial charge in [0.05, 0.1) is 0 Å². The summed E-state index contributed by atoms with van der Waals surface area (Å²) < 4.78 is 5.03. The molecule has 4 nitrogen and oxygen atoms in total. The maximum atomic E-state index is 10.3. The minimum atomic E-state index is -0.00106. The summed E-state index contributed by atoms with van der Waals surface area (Å²) in [6, 6.07) is 9.28. The van der Waals surface area contributed by atoms with Crippen LogP contribution < -0.4 is 0 Å². The predicted molar refractivity (Wildman–Crippen MR) is 45.1 cm³/mol. The van der Waals surface area contributed by atoms with Gasteiger partial charge in [-0.1, -0.05) is 18.2 Å². The molecule has 2 aromatic rings. The lowest BCUT2D eigenvalue weighted by Crippen LogP contribution is -1.76. The SMILES string of the molecule is O=Cc1nnc(-c2ccccc2)o1. The molecule has 2 rings (SSSR count). The molecule has 1 aromatic heterocycles. The standard InChI is InChI=1S/C9H6N2O2/c12-6-8-10-11-9(13-8)7-4-2-1-3-5-7/h1-6H. The van der Waals surface area contributed by atoms with Crippen molar-refractivity contribution < 1.29 is 9.21 Å². The minimum Gasteiger partial charge on any atom is -0.414 e. The fourth-order valence-electron chi connectivity index (χ4n) is 0.980. The second-order valence-corrected chi connectivity index (χ2v) is 2.43. The highest BCUT2D eigenvalue weighted by Crippen LogP contribution is 2.15. The zero-order valence-corrected chi connectivity index (χ0v) is 6.68. The number of aldehydes is 1. The maximum absolute atomic E-state index is 10.3. The highest BCUT2D eigenvalue weighted by molar-refractivity contribution is 5.68. The summed E-state index contributed by atoms with van der Waals surface area (Å²) in [5.74, 6) is 0.363. The molecule has 0 saturated heterocycles. The monoisotopic (exact) mass is 174 g/mol. The topological polar surface area (TPSA) is 56.0 Å². The number of nitrogens with zero attached hydrogens (tertiary/aromatic N) is 2. The van der Waals surface area contributed by atoms with Crippen molar-refractivity contribution in [2.45, 2.75) is 0 Å². The van der Waals surface area contributed by atoms with Gasteiger partial charge in [0.15, 0.2) is 0 Å². The Balaban J connectivity index is 2.41. The molecule has 0 aliphatic heterocycles. The van der Waals surface area contributed by atoms with E-state index < -0.39 is 0 Å². The smallest absolute Gasteiger partial charge is 0.280 e. The highest BCUT2D eigenvalue weighted by atomic mass is 16.4. The summed E-state index contributed by atoms with van der Waals surface area (Å²) in [6.45, 7) is 0. The summed E-state index contributed by atoms with van der Waals surface area (Å²) in [5.41, 5.74) is 0.808. The highest BCUT2D eigenvalue weighted by Gasteiger charge is 2.05. The molecule has 0 aliphatic carbocycles. The summed E-state index contributed by atoms with van der Waals surface area (Å²) in [5, 5.41) is 7.24. The van der Waals surface area contributed by atoms with Crippen molar-refractivity contribution in [2.24, 2.45) is 0 Å². The van der Waals surface area contributed by atoms with Crippen molar-refractivity contribution in [2.75, 3.05) is 0 Å². The Labute approximate surface area is 74.2 Å². The molecule has 0 aliphatic rings. The normalized spacial score (nSPS) is 9.85. The molecule has 0 N–H and O–H groups in total. The van der Waals surface area contributed by atoms with E-state index in [1.807, 2.05) is 30.3 Å². The zero-order chi connectivity index (χ0) is 9.10. The third-order valence-corrected chi connectivity index (χ3v) is 1.56. The summed E-state index contributed by atoms with van der Waals surface area (Å²) in [4.78, 5) is 10.3. The van der Waals surface area contributed by atoms with Gasteiger partial charge < -0.3 is 4.42 Å². The average molecular weight is 174 g/mol. The number of carbonyl (C=O) groups is 1. The van der Waals surface area contributed by atoms with Gasteiger partial charge >= 0.3 is 0 Å². The Hall–Kier alpha value is -1.97. The molecule has 1 heterocycles. The fraction of sp³-hybridized carbons (Fsp3) is 0. The molecule has 0 spiro atoms. The third-order valence-electron chi connectivity index (χ3n) is 1.56. The van der Waals surface area contributed by atoms with Crippen molar-refractivity contribution in [3.05, 3.63) is 36.2 Å². The molecule has 4 heteroatoms. The maximum Gasteiger partial charge on any atom is 0.280 e. The lowest BCUT2D eigenvalue weighted by atomic mass is 10.2. The minimum absolute atomic E-state index is 0.00106. The number of rotatable bonds is 2. The molecule has 64 valence electrons. The molecule has 1 aromatic carbocycles. The Bertz CT molecular complexity index is 409. The van der Waals surface area contributed by atoms with Gasteiger partial charge in [0, 0.05) is 5.56 Å². The number of benzene rings is 1. The van der Waals surface area contributed by atoms with Crippen LogP contribution in [0.25, 0.3) is 11.5 Å². The molecule has 13 heavy (non-hydrogen) atoms. The molecule has 0 atom stereocenters. The third kappa shape index (κ3) is 1.46. The van der Waals surface area contributed by atoms with E-state index in [0.29, 0.717) is 12.2 Å². The summed E-state index contributed by atoms with van der Waals surface area (Å²) >= 11 is 0. The molecule has 0 unspecified atom stereocenters. The van der Waals surface area contributed by atoms with E-state index >= 15 is 0 Å². The summed E-state index contributed by atoms with van der Waals surface area (Å²) in [7, 11) is 0. The van der Waals surface area contributed by atoms with Gasteiger partial charge in [-0.3, -0.25) is 4.79 Å². The van der Waals surface area contributed by atoms with Crippen LogP contribution in [0.15, 0.2) is 34.7 Å². The Morgan fingerprint density at radius 2 is 1.92 bits per heavy atom. The van der Waals surface area contributed by atoms with Crippen LogP contribution in [0, 0.1) is 0 Å². The first-order chi connectivity index (χ1) is 6.40. The second kappa shape index (κ2) is 3.18. The van der Waals surface area contributed by atoms with E-state index in [-0.39, 0.29) is 5.89 Å². The molecule has 0 fully saturated rings. The Morgan fingerprint density at radius 1 is 1.15 bits per heavy atom. The van der Waals surface area contributed by atoms with Crippen LogP contribution in [0.2, 0.25) is 0 Å². The van der Waals surface area contributed by atoms with Crippen LogP contribution in [-0.4, -0.2) is 16.5 Å². The van der Waals surface area contributed by atoms with Gasteiger partial charge in [0.2, 0.25) is 12.2 Å². The van der Waals surface area contributed by atoms with Crippen molar-refractivity contribution in [3.8, 4) is 11.5 Å². The van der Waals surface area contributed by atoms with E-state index in [0.717, 1.165) is 5.56 Å². The van der Waals surface area contributed by atoms with E-state index in [9.17, 15) is 4.79 Å². The number of carbonyl (C=O) groups excluding carboxylic acids is 1.